The van der Waals surface area contributed by atoms with Crippen LogP contribution >= 0.6 is 0 Å². The van der Waals surface area contributed by atoms with Crippen LogP contribution in [-0.2, 0) is 4.79 Å². The van der Waals surface area contributed by atoms with Crippen LogP contribution in [0.2, 0.25) is 0 Å². The first-order valence-corrected chi connectivity index (χ1v) is 6.57. The highest BCUT2D eigenvalue weighted by molar-refractivity contribution is 5.90. The monoisotopic (exact) mass is 274 g/mol. The summed E-state index contributed by atoms with van der Waals surface area (Å²) in [6, 6.07) is 6.77. The third-order valence-corrected chi connectivity index (χ3v) is 3.46. The summed E-state index contributed by atoms with van der Waals surface area (Å²) in [4.78, 5) is 22.2. The Morgan fingerprint density at radius 2 is 1.90 bits per heavy atom. The van der Waals surface area contributed by atoms with E-state index in [9.17, 15) is 9.59 Å². The minimum absolute atomic E-state index is 0.0751. The van der Waals surface area contributed by atoms with Crippen LogP contribution in [0.3, 0.4) is 0 Å². The van der Waals surface area contributed by atoms with Gasteiger partial charge in [0.25, 0.3) is 0 Å². The first-order chi connectivity index (χ1) is 9.47. The number of carboxylic acid groups (broad SMARTS) is 1. The molecular weight excluding hydrogens is 256 g/mol. The van der Waals surface area contributed by atoms with Crippen LogP contribution in [0.15, 0.2) is 30.3 Å². The normalized spacial score (nSPS) is 16.4. The van der Waals surface area contributed by atoms with Crippen LogP contribution < -0.4 is 10.6 Å². The predicted octanol–water partition coefficient (Wildman–Crippen LogP) is 2.85. The van der Waals surface area contributed by atoms with Crippen molar-refractivity contribution in [2.24, 2.45) is 0 Å². The fourth-order valence-electron chi connectivity index (χ4n) is 2.11. The van der Waals surface area contributed by atoms with Gasteiger partial charge in [0.15, 0.2) is 0 Å². The maximum atomic E-state index is 11.8. The molecule has 2 amide bonds. The zero-order valence-electron chi connectivity index (χ0n) is 11.3. The second-order valence-electron chi connectivity index (χ2n) is 5.29. The van der Waals surface area contributed by atoms with E-state index in [1.54, 1.807) is 24.3 Å². The van der Waals surface area contributed by atoms with Crippen LogP contribution in [0.5, 0.6) is 0 Å². The minimum atomic E-state index is -0.986. The fourth-order valence-corrected chi connectivity index (χ4v) is 2.11. The summed E-state index contributed by atoms with van der Waals surface area (Å²) in [7, 11) is 0. The molecule has 0 aromatic heterocycles. The highest BCUT2D eigenvalue weighted by Gasteiger charge is 2.33. The molecule has 1 saturated carbocycles. The van der Waals surface area contributed by atoms with Gasteiger partial charge in [-0.1, -0.05) is 12.1 Å². The molecule has 0 unspecified atom stereocenters. The quantitative estimate of drug-likeness (QED) is 0.739. The Morgan fingerprint density at radius 3 is 2.40 bits per heavy atom. The molecule has 5 nitrogen and oxygen atoms in total. The van der Waals surface area contributed by atoms with E-state index in [4.69, 9.17) is 5.11 Å². The minimum Gasteiger partial charge on any atom is -0.478 e. The van der Waals surface area contributed by atoms with E-state index in [2.05, 4.69) is 10.6 Å². The standard InChI is InChI=1S/C15H18N2O3/c1-15(9-2-10-15)17-14(20)16-12-6-3-11(4-7-12)5-8-13(18)19/h3-8H,2,9-10H2,1H3,(H,18,19)(H2,16,17,20)/b8-5+. The number of carboxylic acids is 1. The molecule has 0 aliphatic heterocycles. The number of carbonyl (C=O) groups is 2. The maximum Gasteiger partial charge on any atom is 0.328 e. The number of aliphatic carboxylic acids is 1. The molecule has 1 aromatic rings. The Bertz CT molecular complexity index is 531. The van der Waals surface area contributed by atoms with Crippen molar-refractivity contribution in [3.8, 4) is 0 Å². The number of hydrogen-bond donors (Lipinski definition) is 3. The summed E-state index contributed by atoms with van der Waals surface area (Å²) in [5, 5.41) is 14.3. The molecule has 2 rings (SSSR count). The van der Waals surface area contributed by atoms with E-state index in [1.165, 1.54) is 6.08 Å². The van der Waals surface area contributed by atoms with Gasteiger partial charge in [-0.05, 0) is 50.0 Å². The highest BCUT2D eigenvalue weighted by Crippen LogP contribution is 2.30. The van der Waals surface area contributed by atoms with Crippen molar-refractivity contribution >= 4 is 23.8 Å². The lowest BCUT2D eigenvalue weighted by molar-refractivity contribution is -0.131. The van der Waals surface area contributed by atoms with Gasteiger partial charge in [-0.25, -0.2) is 9.59 Å². The van der Waals surface area contributed by atoms with Crippen molar-refractivity contribution in [2.45, 2.75) is 31.7 Å². The molecule has 1 aromatic carbocycles. The smallest absolute Gasteiger partial charge is 0.328 e. The number of anilines is 1. The summed E-state index contributed by atoms with van der Waals surface area (Å²) < 4.78 is 0. The lowest BCUT2D eigenvalue weighted by Crippen LogP contribution is -2.52. The van der Waals surface area contributed by atoms with Crippen molar-refractivity contribution in [3.05, 3.63) is 35.9 Å². The first-order valence-electron chi connectivity index (χ1n) is 6.57. The molecule has 1 aliphatic rings. The van der Waals surface area contributed by atoms with E-state index in [0.29, 0.717) is 5.69 Å². The zero-order valence-corrected chi connectivity index (χ0v) is 11.3. The van der Waals surface area contributed by atoms with Gasteiger partial charge in [-0.15, -0.1) is 0 Å². The van der Waals surface area contributed by atoms with Gasteiger partial charge in [-0.2, -0.15) is 0 Å². The number of hydrogen-bond acceptors (Lipinski definition) is 2. The molecule has 1 aliphatic carbocycles. The Hall–Kier alpha value is -2.30. The zero-order chi connectivity index (χ0) is 14.6. The van der Waals surface area contributed by atoms with Gasteiger partial charge < -0.3 is 15.7 Å². The average Bonchev–Trinajstić information content (AvgIpc) is 2.36. The van der Waals surface area contributed by atoms with Crippen molar-refractivity contribution in [1.82, 2.24) is 5.32 Å². The number of urea groups is 1. The molecule has 0 atom stereocenters. The van der Waals surface area contributed by atoms with E-state index < -0.39 is 5.97 Å². The van der Waals surface area contributed by atoms with Crippen molar-refractivity contribution in [2.75, 3.05) is 5.32 Å². The van der Waals surface area contributed by atoms with E-state index in [0.717, 1.165) is 30.9 Å². The van der Waals surface area contributed by atoms with Gasteiger partial charge >= 0.3 is 12.0 Å². The molecule has 5 heteroatoms. The second kappa shape index (κ2) is 5.77. The Kier molecular flexibility index (Phi) is 4.08. The fraction of sp³-hybridized carbons (Fsp3) is 0.333. The van der Waals surface area contributed by atoms with E-state index in [1.807, 2.05) is 6.92 Å². The van der Waals surface area contributed by atoms with Crippen LogP contribution in [0.1, 0.15) is 31.7 Å². The van der Waals surface area contributed by atoms with Gasteiger partial charge in [0.2, 0.25) is 0 Å². The summed E-state index contributed by atoms with van der Waals surface area (Å²) >= 11 is 0. The number of carbonyl (C=O) groups excluding carboxylic acids is 1. The third-order valence-electron chi connectivity index (χ3n) is 3.46. The lowest BCUT2D eigenvalue weighted by Gasteiger charge is -2.38. The summed E-state index contributed by atoms with van der Waals surface area (Å²) in [5.74, 6) is -0.986. The average molecular weight is 274 g/mol. The van der Waals surface area contributed by atoms with Gasteiger partial charge in [-0.3, -0.25) is 0 Å². The van der Waals surface area contributed by atoms with Crippen LogP contribution in [0.4, 0.5) is 10.5 Å². The summed E-state index contributed by atoms with van der Waals surface area (Å²) in [5.41, 5.74) is 1.37. The molecule has 0 saturated heterocycles. The number of amides is 2. The van der Waals surface area contributed by atoms with Crippen molar-refractivity contribution in [1.29, 1.82) is 0 Å². The SMILES string of the molecule is CC1(NC(=O)Nc2ccc(/C=C/C(=O)O)cc2)CCC1. The lowest BCUT2D eigenvalue weighted by atomic mass is 9.79. The molecule has 0 radical (unpaired) electrons. The molecule has 106 valence electrons. The van der Waals surface area contributed by atoms with Gasteiger partial charge in [0.1, 0.15) is 0 Å². The number of benzene rings is 1. The largest absolute Gasteiger partial charge is 0.478 e. The first kappa shape index (κ1) is 14.1. The molecule has 3 N–H and O–H groups in total. The van der Waals surface area contributed by atoms with Gasteiger partial charge in [0, 0.05) is 17.3 Å². The van der Waals surface area contributed by atoms with Crippen molar-refractivity contribution < 1.29 is 14.7 Å². The molecule has 1 fully saturated rings. The summed E-state index contributed by atoms with van der Waals surface area (Å²) in [6.07, 6.45) is 5.76. The van der Waals surface area contributed by atoms with Crippen LogP contribution in [0, 0.1) is 0 Å². The maximum absolute atomic E-state index is 11.8. The Labute approximate surface area is 117 Å². The van der Waals surface area contributed by atoms with Crippen molar-refractivity contribution in [3.63, 3.8) is 0 Å². The third kappa shape index (κ3) is 3.85. The molecule has 0 bridgehead atoms. The number of rotatable bonds is 4. The topological polar surface area (TPSA) is 78.4 Å². The van der Waals surface area contributed by atoms with Crippen LogP contribution in [-0.4, -0.2) is 22.6 Å². The van der Waals surface area contributed by atoms with E-state index >= 15 is 0 Å². The summed E-state index contributed by atoms with van der Waals surface area (Å²) in [6.45, 7) is 2.04. The second-order valence-corrected chi connectivity index (χ2v) is 5.29. The van der Waals surface area contributed by atoms with Crippen LogP contribution in [0.25, 0.3) is 6.08 Å². The highest BCUT2D eigenvalue weighted by atomic mass is 16.4. The Balaban J connectivity index is 1.90. The molecule has 20 heavy (non-hydrogen) atoms. The van der Waals surface area contributed by atoms with Gasteiger partial charge in [0.05, 0.1) is 0 Å². The molecular formula is C15H18N2O3. The molecule has 0 heterocycles. The van der Waals surface area contributed by atoms with E-state index in [-0.39, 0.29) is 11.6 Å². The molecule has 0 spiro atoms. The predicted molar refractivity (Wildman–Crippen MR) is 77.5 cm³/mol. The Morgan fingerprint density at radius 1 is 1.25 bits per heavy atom. The number of nitrogens with one attached hydrogen (secondary N) is 2.